The molecule has 0 atom stereocenters. The van der Waals surface area contributed by atoms with E-state index >= 15 is 0 Å². The van der Waals surface area contributed by atoms with E-state index in [2.05, 4.69) is 11.4 Å². The molecule has 3 nitrogen and oxygen atoms in total. The number of fused-ring (bicyclic) bond motifs is 1. The molecule has 0 saturated heterocycles. The molecule has 4 heteroatoms. The molecule has 1 aromatic rings. The molecule has 0 spiro atoms. The predicted molar refractivity (Wildman–Crippen MR) is 74.1 cm³/mol. The summed E-state index contributed by atoms with van der Waals surface area (Å²) in [6.07, 6.45) is 2.09. The van der Waals surface area contributed by atoms with Gasteiger partial charge in [0.05, 0.1) is 6.61 Å². The third-order valence-corrected chi connectivity index (χ3v) is 3.17. The van der Waals surface area contributed by atoms with Crippen LogP contribution in [-0.2, 0) is 0 Å². The van der Waals surface area contributed by atoms with Crippen LogP contribution in [-0.4, -0.2) is 30.4 Å². The van der Waals surface area contributed by atoms with E-state index in [0.717, 1.165) is 16.9 Å². The van der Waals surface area contributed by atoms with Gasteiger partial charge in [-0.25, -0.2) is 0 Å². The Morgan fingerprint density at radius 2 is 2.22 bits per heavy atom. The fourth-order valence-electron chi connectivity index (χ4n) is 1.71. The fourth-order valence-corrected chi connectivity index (χ4v) is 1.89. The number of aliphatic hydroxyl groups excluding tert-OH is 1. The Bertz CT molecular complexity index is 469. The van der Waals surface area contributed by atoms with Crippen LogP contribution >= 0.6 is 11.6 Å². The van der Waals surface area contributed by atoms with Crippen LogP contribution in [0.3, 0.4) is 0 Å². The number of nitrogens with one attached hydrogen (secondary N) is 1. The van der Waals surface area contributed by atoms with Crippen molar-refractivity contribution in [3.63, 3.8) is 0 Å². The van der Waals surface area contributed by atoms with Gasteiger partial charge in [-0.1, -0.05) is 11.6 Å². The van der Waals surface area contributed by atoms with Crippen molar-refractivity contribution in [2.75, 3.05) is 19.8 Å². The van der Waals surface area contributed by atoms with Crippen LogP contribution in [0.1, 0.15) is 19.4 Å². The Hall–Kier alpha value is -1.03. The lowest BCUT2D eigenvalue weighted by atomic mass is 10.0. The summed E-state index contributed by atoms with van der Waals surface area (Å²) in [5.74, 6) is 0.865. The van der Waals surface area contributed by atoms with E-state index < -0.39 is 0 Å². The Morgan fingerprint density at radius 3 is 2.94 bits per heavy atom. The summed E-state index contributed by atoms with van der Waals surface area (Å²) in [6, 6.07) is 5.61. The second-order valence-corrected chi connectivity index (χ2v) is 5.61. The number of hydrogen-bond donors (Lipinski definition) is 2. The van der Waals surface area contributed by atoms with Gasteiger partial charge in [-0.15, -0.1) is 0 Å². The molecule has 2 rings (SSSR count). The van der Waals surface area contributed by atoms with Gasteiger partial charge in [-0.05, 0) is 43.7 Å². The van der Waals surface area contributed by atoms with Gasteiger partial charge in [0.2, 0.25) is 0 Å². The first-order chi connectivity index (χ1) is 8.50. The van der Waals surface area contributed by atoms with Crippen LogP contribution in [0.5, 0.6) is 5.75 Å². The zero-order valence-electron chi connectivity index (χ0n) is 10.7. The number of rotatable bonds is 4. The molecule has 0 aromatic heterocycles. The summed E-state index contributed by atoms with van der Waals surface area (Å²) in [4.78, 5) is 0. The Morgan fingerprint density at radius 1 is 1.44 bits per heavy atom. The molecule has 2 N–H and O–H groups in total. The van der Waals surface area contributed by atoms with Crippen molar-refractivity contribution < 1.29 is 9.84 Å². The molecule has 0 saturated carbocycles. The van der Waals surface area contributed by atoms with Gasteiger partial charge in [0, 0.05) is 22.7 Å². The van der Waals surface area contributed by atoms with Crippen molar-refractivity contribution >= 4 is 17.7 Å². The second kappa shape index (κ2) is 5.31. The zero-order valence-corrected chi connectivity index (χ0v) is 11.4. The lowest BCUT2D eigenvalue weighted by molar-refractivity contribution is 0.190. The van der Waals surface area contributed by atoms with E-state index in [1.807, 2.05) is 32.0 Å². The van der Waals surface area contributed by atoms with Crippen molar-refractivity contribution in [2.45, 2.75) is 19.4 Å². The van der Waals surface area contributed by atoms with Gasteiger partial charge < -0.3 is 15.2 Å². The maximum Gasteiger partial charge on any atom is 0.127 e. The average Bonchev–Trinajstić information content (AvgIpc) is 2.36. The molecule has 1 aliphatic heterocycles. The maximum absolute atomic E-state index is 9.19. The highest BCUT2D eigenvalue weighted by Gasteiger charge is 2.17. The van der Waals surface area contributed by atoms with Gasteiger partial charge in [0.25, 0.3) is 0 Å². The Balaban J connectivity index is 2.08. The third-order valence-electron chi connectivity index (χ3n) is 2.93. The molecular weight excluding hydrogens is 250 g/mol. The lowest BCUT2D eigenvalue weighted by Gasteiger charge is -2.26. The van der Waals surface area contributed by atoms with Gasteiger partial charge >= 0.3 is 0 Å². The molecule has 0 bridgehead atoms. The molecule has 1 aromatic carbocycles. The summed E-state index contributed by atoms with van der Waals surface area (Å²) in [6.45, 7) is 5.29. The summed E-state index contributed by atoms with van der Waals surface area (Å²) in [5.41, 5.74) is 1.87. The molecule has 0 amide bonds. The summed E-state index contributed by atoms with van der Waals surface area (Å²) in [5, 5.41) is 13.2. The van der Waals surface area contributed by atoms with Crippen molar-refractivity contribution in [1.82, 2.24) is 5.32 Å². The molecule has 0 aliphatic carbocycles. The van der Waals surface area contributed by atoms with Crippen molar-refractivity contribution in [1.29, 1.82) is 0 Å². The van der Waals surface area contributed by atoms with Gasteiger partial charge in [0.15, 0.2) is 0 Å². The van der Waals surface area contributed by atoms with E-state index in [9.17, 15) is 5.11 Å². The smallest absolute Gasteiger partial charge is 0.127 e. The molecule has 98 valence electrons. The van der Waals surface area contributed by atoms with Crippen molar-refractivity contribution in [3.8, 4) is 5.75 Å². The first kappa shape index (κ1) is 13.4. The minimum atomic E-state index is -0.282. The van der Waals surface area contributed by atoms with E-state index in [0.29, 0.717) is 18.2 Å². The second-order valence-electron chi connectivity index (χ2n) is 5.17. The van der Waals surface area contributed by atoms with Gasteiger partial charge in [-0.3, -0.25) is 0 Å². The minimum absolute atomic E-state index is 0.101. The summed E-state index contributed by atoms with van der Waals surface area (Å²) in [7, 11) is 0. The predicted octanol–water partition coefficient (Wildman–Crippen LogP) is 2.48. The summed E-state index contributed by atoms with van der Waals surface area (Å²) >= 11 is 5.96. The zero-order chi connectivity index (χ0) is 13.2. The number of hydrogen-bond acceptors (Lipinski definition) is 3. The van der Waals surface area contributed by atoms with Crippen molar-refractivity contribution in [2.24, 2.45) is 0 Å². The number of aliphatic hydroxyl groups is 1. The van der Waals surface area contributed by atoms with E-state index in [1.54, 1.807) is 0 Å². The van der Waals surface area contributed by atoms with Crippen LogP contribution in [0.25, 0.3) is 6.08 Å². The largest absolute Gasteiger partial charge is 0.489 e. The Kier molecular flexibility index (Phi) is 3.95. The van der Waals surface area contributed by atoms with Crippen LogP contribution < -0.4 is 10.1 Å². The topological polar surface area (TPSA) is 41.5 Å². The molecule has 1 heterocycles. The van der Waals surface area contributed by atoms with E-state index in [-0.39, 0.29) is 12.1 Å². The van der Waals surface area contributed by atoms with Gasteiger partial charge in [0.1, 0.15) is 12.4 Å². The monoisotopic (exact) mass is 267 g/mol. The molecule has 0 radical (unpaired) electrons. The fraction of sp³-hybridized carbons (Fsp3) is 0.429. The van der Waals surface area contributed by atoms with E-state index in [4.69, 9.17) is 16.3 Å². The lowest BCUT2D eigenvalue weighted by Crippen LogP contribution is -2.44. The highest BCUT2D eigenvalue weighted by Crippen LogP contribution is 2.28. The molecule has 1 aliphatic rings. The maximum atomic E-state index is 9.19. The van der Waals surface area contributed by atoms with Crippen LogP contribution in [0.2, 0.25) is 5.02 Å². The first-order valence-corrected chi connectivity index (χ1v) is 6.36. The third kappa shape index (κ3) is 3.25. The van der Waals surface area contributed by atoms with Crippen LogP contribution in [0.15, 0.2) is 23.8 Å². The van der Waals surface area contributed by atoms with Crippen molar-refractivity contribution in [3.05, 3.63) is 34.4 Å². The standard InChI is InChI=1S/C14H18ClNO2/c1-14(2,9-17)16-7-10-5-11-6-12(15)3-4-13(11)18-8-10/h3-6,16-17H,7-9H2,1-2H3. The van der Waals surface area contributed by atoms with Crippen LogP contribution in [0, 0.1) is 0 Å². The van der Waals surface area contributed by atoms with Gasteiger partial charge in [-0.2, -0.15) is 0 Å². The number of halogens is 1. The first-order valence-electron chi connectivity index (χ1n) is 5.98. The molecule has 18 heavy (non-hydrogen) atoms. The molecule has 0 unspecified atom stereocenters. The minimum Gasteiger partial charge on any atom is -0.489 e. The number of benzene rings is 1. The quantitative estimate of drug-likeness (QED) is 0.881. The summed E-state index contributed by atoms with van der Waals surface area (Å²) < 4.78 is 5.66. The highest BCUT2D eigenvalue weighted by molar-refractivity contribution is 6.30. The van der Waals surface area contributed by atoms with Crippen LogP contribution in [0.4, 0.5) is 0 Å². The normalized spacial score (nSPS) is 14.8. The SMILES string of the molecule is CC(C)(CO)NCC1=Cc2cc(Cl)ccc2OC1. The number of ether oxygens (including phenoxy) is 1. The highest BCUT2D eigenvalue weighted by atomic mass is 35.5. The molecular formula is C14H18ClNO2. The Labute approximate surface area is 112 Å². The molecule has 0 fully saturated rings. The van der Waals surface area contributed by atoms with E-state index in [1.165, 1.54) is 0 Å². The average molecular weight is 268 g/mol.